The molecule has 0 atom stereocenters. The van der Waals surface area contributed by atoms with Crippen molar-refractivity contribution < 1.29 is 0 Å². The first-order valence-corrected chi connectivity index (χ1v) is 17.9. The van der Waals surface area contributed by atoms with E-state index in [2.05, 4.69) is 193 Å². The van der Waals surface area contributed by atoms with Crippen LogP contribution in [0.15, 0.2) is 188 Å². The fourth-order valence-electron chi connectivity index (χ4n) is 7.54. The van der Waals surface area contributed by atoms with Crippen LogP contribution in [0.4, 0.5) is 17.1 Å². The molecule has 1 aromatic heterocycles. The van der Waals surface area contributed by atoms with Crippen LogP contribution in [-0.2, 0) is 0 Å². The van der Waals surface area contributed by atoms with E-state index in [1.54, 1.807) is 0 Å². The highest BCUT2D eigenvalue weighted by atomic mass is 32.1. The number of nitrogens with zero attached hydrogens (tertiary/aromatic N) is 1. The standard InChI is InChI=1S/C48H31NS/c1-2-11-34(12-3-1)41-26-27-46(43-17-9-8-16-42(41)43)49(39-22-20-33(21-23-39)38-19-18-32-10-4-5-13-35(32)28-38)40-24-25-44-45-29-36-14-6-7-15-37(36)30-47(45)50-48(44)31-40/h1-31H. The Morgan fingerprint density at radius 2 is 0.940 bits per heavy atom. The number of fused-ring (bicyclic) bond motifs is 6. The smallest absolute Gasteiger partial charge is 0.0540 e. The molecule has 10 aromatic rings. The molecule has 0 aliphatic rings. The molecule has 0 saturated carbocycles. The SMILES string of the molecule is c1ccc(-c2ccc(N(c3ccc(-c4ccc5ccccc5c4)cc3)c3ccc4c(c3)sc3cc5ccccc5cc34)c3ccccc23)cc1. The maximum Gasteiger partial charge on any atom is 0.0540 e. The van der Waals surface area contributed by atoms with Gasteiger partial charge in [0.25, 0.3) is 0 Å². The van der Waals surface area contributed by atoms with Gasteiger partial charge in [0, 0.05) is 36.9 Å². The van der Waals surface area contributed by atoms with Gasteiger partial charge in [0.1, 0.15) is 0 Å². The summed E-state index contributed by atoms with van der Waals surface area (Å²) in [6.07, 6.45) is 0. The average molecular weight is 654 g/mol. The summed E-state index contributed by atoms with van der Waals surface area (Å²) >= 11 is 1.88. The van der Waals surface area contributed by atoms with Crippen molar-refractivity contribution in [1.29, 1.82) is 0 Å². The predicted octanol–water partition coefficient (Wildman–Crippen LogP) is 14.3. The molecule has 9 aromatic carbocycles. The average Bonchev–Trinajstić information content (AvgIpc) is 3.54. The number of anilines is 3. The van der Waals surface area contributed by atoms with Crippen molar-refractivity contribution in [2.24, 2.45) is 0 Å². The lowest BCUT2D eigenvalue weighted by atomic mass is 9.96. The fourth-order valence-corrected chi connectivity index (χ4v) is 8.71. The van der Waals surface area contributed by atoms with Crippen molar-refractivity contribution in [2.75, 3.05) is 4.90 Å². The molecule has 1 nitrogen and oxygen atoms in total. The highest BCUT2D eigenvalue weighted by Crippen LogP contribution is 2.45. The monoisotopic (exact) mass is 653 g/mol. The largest absolute Gasteiger partial charge is 0.310 e. The second-order valence-electron chi connectivity index (χ2n) is 13.0. The third-order valence-electron chi connectivity index (χ3n) is 10.0. The highest BCUT2D eigenvalue weighted by Gasteiger charge is 2.19. The van der Waals surface area contributed by atoms with Gasteiger partial charge < -0.3 is 4.90 Å². The van der Waals surface area contributed by atoms with Crippen molar-refractivity contribution >= 4 is 80.9 Å². The van der Waals surface area contributed by atoms with E-state index in [9.17, 15) is 0 Å². The van der Waals surface area contributed by atoms with Gasteiger partial charge in [-0.3, -0.25) is 0 Å². The van der Waals surface area contributed by atoms with E-state index in [-0.39, 0.29) is 0 Å². The Balaban J connectivity index is 1.16. The zero-order valence-electron chi connectivity index (χ0n) is 27.3. The Morgan fingerprint density at radius 3 is 1.74 bits per heavy atom. The molecule has 2 heteroatoms. The Labute approximate surface area is 294 Å². The second-order valence-corrected chi connectivity index (χ2v) is 14.0. The molecule has 234 valence electrons. The van der Waals surface area contributed by atoms with Crippen LogP contribution in [0.3, 0.4) is 0 Å². The first kappa shape index (κ1) is 28.8. The van der Waals surface area contributed by atoms with E-state index in [0.717, 1.165) is 17.1 Å². The summed E-state index contributed by atoms with van der Waals surface area (Å²) in [6, 6.07) is 68.8. The van der Waals surface area contributed by atoms with Crippen LogP contribution in [0.5, 0.6) is 0 Å². The quantitative estimate of drug-likeness (QED) is 0.179. The van der Waals surface area contributed by atoms with E-state index >= 15 is 0 Å². The van der Waals surface area contributed by atoms with E-state index in [4.69, 9.17) is 0 Å². The number of rotatable bonds is 5. The molecule has 1 heterocycles. The maximum atomic E-state index is 2.43. The lowest BCUT2D eigenvalue weighted by Crippen LogP contribution is -2.10. The minimum absolute atomic E-state index is 1.12. The predicted molar refractivity (Wildman–Crippen MR) is 217 cm³/mol. The number of hydrogen-bond acceptors (Lipinski definition) is 2. The normalized spacial score (nSPS) is 11.6. The second kappa shape index (κ2) is 11.7. The van der Waals surface area contributed by atoms with Gasteiger partial charge >= 0.3 is 0 Å². The van der Waals surface area contributed by atoms with Crippen LogP contribution in [0.2, 0.25) is 0 Å². The number of thiophene rings is 1. The Hall–Kier alpha value is -6.22. The number of hydrogen-bond donors (Lipinski definition) is 0. The summed E-state index contributed by atoms with van der Waals surface area (Å²) in [5.74, 6) is 0. The molecular formula is C48H31NS. The molecule has 0 aliphatic carbocycles. The minimum Gasteiger partial charge on any atom is -0.310 e. The van der Waals surface area contributed by atoms with E-state index < -0.39 is 0 Å². The van der Waals surface area contributed by atoms with Crippen LogP contribution >= 0.6 is 11.3 Å². The summed E-state index contributed by atoms with van der Waals surface area (Å²) in [4.78, 5) is 2.43. The maximum absolute atomic E-state index is 2.43. The Bertz CT molecular complexity index is 2870. The van der Waals surface area contributed by atoms with Crippen molar-refractivity contribution in [2.45, 2.75) is 0 Å². The third kappa shape index (κ3) is 4.84. The van der Waals surface area contributed by atoms with E-state index in [0.29, 0.717) is 0 Å². The molecule has 0 saturated heterocycles. The first-order valence-electron chi connectivity index (χ1n) is 17.1. The Morgan fingerprint density at radius 1 is 0.320 bits per heavy atom. The molecule has 0 unspecified atom stereocenters. The van der Waals surface area contributed by atoms with Gasteiger partial charge in [-0.1, -0.05) is 140 Å². The summed E-state index contributed by atoms with van der Waals surface area (Å²) in [5, 5.41) is 10.2. The summed E-state index contributed by atoms with van der Waals surface area (Å²) < 4.78 is 2.61. The summed E-state index contributed by atoms with van der Waals surface area (Å²) in [5.41, 5.74) is 8.31. The van der Waals surface area contributed by atoms with Crippen LogP contribution in [0.25, 0.3) is 74.7 Å². The first-order chi connectivity index (χ1) is 24.8. The van der Waals surface area contributed by atoms with Crippen LogP contribution in [0, 0.1) is 0 Å². The zero-order valence-corrected chi connectivity index (χ0v) is 28.1. The Kier molecular flexibility index (Phi) is 6.75. The van der Waals surface area contributed by atoms with Crippen LogP contribution in [-0.4, -0.2) is 0 Å². The van der Waals surface area contributed by atoms with E-state index in [1.807, 2.05) is 11.3 Å². The van der Waals surface area contributed by atoms with Gasteiger partial charge in [0.15, 0.2) is 0 Å². The molecule has 0 spiro atoms. The molecule has 0 N–H and O–H groups in total. The van der Waals surface area contributed by atoms with Gasteiger partial charge in [-0.25, -0.2) is 0 Å². The van der Waals surface area contributed by atoms with Gasteiger partial charge in [0.2, 0.25) is 0 Å². The molecule has 10 rings (SSSR count). The minimum atomic E-state index is 1.12. The lowest BCUT2D eigenvalue weighted by Gasteiger charge is -2.28. The van der Waals surface area contributed by atoms with Crippen molar-refractivity contribution in [3.05, 3.63) is 188 Å². The van der Waals surface area contributed by atoms with Crippen molar-refractivity contribution in [3.8, 4) is 22.3 Å². The van der Waals surface area contributed by atoms with Gasteiger partial charge in [-0.15, -0.1) is 11.3 Å². The molecule has 0 aliphatic heterocycles. The molecular weight excluding hydrogens is 623 g/mol. The van der Waals surface area contributed by atoms with Crippen molar-refractivity contribution in [3.63, 3.8) is 0 Å². The van der Waals surface area contributed by atoms with Gasteiger partial charge in [-0.05, 0) is 97.7 Å². The third-order valence-corrected chi connectivity index (χ3v) is 11.1. The molecule has 0 amide bonds. The van der Waals surface area contributed by atoms with Gasteiger partial charge in [0.05, 0.1) is 5.69 Å². The fraction of sp³-hybridized carbons (Fsp3) is 0. The lowest BCUT2D eigenvalue weighted by molar-refractivity contribution is 1.30. The zero-order chi connectivity index (χ0) is 33.0. The number of benzene rings is 9. The molecule has 0 fully saturated rings. The highest BCUT2D eigenvalue weighted by molar-refractivity contribution is 7.25. The summed E-state index contributed by atoms with van der Waals surface area (Å²) in [6.45, 7) is 0. The molecule has 50 heavy (non-hydrogen) atoms. The van der Waals surface area contributed by atoms with E-state index in [1.165, 1.54) is 74.7 Å². The van der Waals surface area contributed by atoms with Crippen molar-refractivity contribution in [1.82, 2.24) is 0 Å². The van der Waals surface area contributed by atoms with Crippen LogP contribution < -0.4 is 4.90 Å². The molecule has 0 bridgehead atoms. The topological polar surface area (TPSA) is 3.24 Å². The summed E-state index contributed by atoms with van der Waals surface area (Å²) in [7, 11) is 0. The van der Waals surface area contributed by atoms with Gasteiger partial charge in [-0.2, -0.15) is 0 Å². The van der Waals surface area contributed by atoms with Crippen LogP contribution in [0.1, 0.15) is 0 Å². The molecule has 0 radical (unpaired) electrons.